The van der Waals surface area contributed by atoms with Crippen molar-refractivity contribution in [3.63, 3.8) is 0 Å². The van der Waals surface area contributed by atoms with E-state index >= 15 is 0 Å². The molecule has 4 N–H and O–H groups in total. The van der Waals surface area contributed by atoms with Gasteiger partial charge in [-0.1, -0.05) is 55.5 Å². The van der Waals surface area contributed by atoms with E-state index in [1.165, 1.54) is 17.4 Å². The number of sulfonamides is 1. The number of aliphatic hydroxyl groups is 2. The van der Waals surface area contributed by atoms with Gasteiger partial charge in [0.15, 0.2) is 17.2 Å². The van der Waals surface area contributed by atoms with Crippen LogP contribution in [0.4, 0.5) is 9.93 Å². The van der Waals surface area contributed by atoms with Crippen LogP contribution in [-0.4, -0.2) is 101 Å². The molecule has 2 aliphatic heterocycles. The number of hydrogen-bond acceptors (Lipinski definition) is 10. The molecule has 0 saturated carbocycles. The van der Waals surface area contributed by atoms with Gasteiger partial charge in [0.2, 0.25) is 10.0 Å². The van der Waals surface area contributed by atoms with Crippen LogP contribution in [0, 0.1) is 11.8 Å². The Morgan fingerprint density at radius 3 is 2.43 bits per heavy atom. The number of nitrogens with one attached hydrogen (secondary N) is 1. The zero-order chi connectivity index (χ0) is 33.2. The van der Waals surface area contributed by atoms with Gasteiger partial charge in [-0.2, -0.15) is 4.31 Å². The van der Waals surface area contributed by atoms with Gasteiger partial charge in [0.1, 0.15) is 0 Å². The molecule has 0 spiro atoms. The molecule has 2 saturated heterocycles. The molecule has 46 heavy (non-hydrogen) atoms. The first-order chi connectivity index (χ1) is 21.8. The summed E-state index contributed by atoms with van der Waals surface area (Å²) >= 11 is 1.33. The molecule has 1 amide bonds. The second-order valence-electron chi connectivity index (χ2n) is 12.8. The third kappa shape index (κ3) is 7.64. The summed E-state index contributed by atoms with van der Waals surface area (Å²) in [5, 5.41) is 38.4. The van der Waals surface area contributed by atoms with E-state index in [9.17, 15) is 28.5 Å². The van der Waals surface area contributed by atoms with Crippen LogP contribution >= 0.6 is 11.3 Å². The average Bonchev–Trinajstić information content (AvgIpc) is 3.62. The number of anilines is 1. The van der Waals surface area contributed by atoms with Gasteiger partial charge >= 0.3 is 6.09 Å². The predicted molar refractivity (Wildman–Crippen MR) is 175 cm³/mol. The summed E-state index contributed by atoms with van der Waals surface area (Å²) in [5.74, 6) is -3.24. The van der Waals surface area contributed by atoms with Crippen molar-refractivity contribution >= 4 is 42.8 Å². The topological polar surface area (TPSA) is 162 Å². The second-order valence-corrected chi connectivity index (χ2v) is 15.8. The molecule has 1 aromatic heterocycles. The van der Waals surface area contributed by atoms with Crippen LogP contribution in [0.15, 0.2) is 53.4 Å². The Morgan fingerprint density at radius 2 is 1.78 bits per heavy atom. The number of fused-ring (bicyclic) bond motifs is 2. The minimum Gasteiger partial charge on any atom is -0.465 e. The maximum atomic E-state index is 14.2. The zero-order valence-corrected chi connectivity index (χ0v) is 28.2. The van der Waals surface area contributed by atoms with Gasteiger partial charge in [0, 0.05) is 24.5 Å². The normalized spacial score (nSPS) is 21.2. The first kappa shape index (κ1) is 34.5. The molecule has 252 valence electrons. The molecule has 0 radical (unpaired) electrons. The van der Waals surface area contributed by atoms with Gasteiger partial charge in [-0.3, -0.25) is 4.90 Å². The molecule has 2 aliphatic rings. The number of carbonyl (C=O) groups is 1. The van der Waals surface area contributed by atoms with E-state index in [0.29, 0.717) is 40.4 Å². The van der Waals surface area contributed by atoms with Crippen molar-refractivity contribution in [1.29, 1.82) is 0 Å². The maximum absolute atomic E-state index is 14.2. The SMILES string of the molecule is CC(C)CN(CC(O)(O)[C@H](Cc1ccccc1)N(C(=O)O)[C@H]1CCO[C@@H]2OCC[C@H]21)S(=O)(=O)c1ccc2nc(NC(C)C)sc2c1. The zero-order valence-electron chi connectivity index (χ0n) is 26.6. The molecule has 0 unspecified atom stereocenters. The highest BCUT2D eigenvalue weighted by Crippen LogP contribution is 2.37. The quantitative estimate of drug-likeness (QED) is 0.193. The van der Waals surface area contributed by atoms with Gasteiger partial charge in [-0.05, 0) is 62.8 Å². The third-order valence-electron chi connectivity index (χ3n) is 8.38. The van der Waals surface area contributed by atoms with Crippen molar-refractivity contribution in [2.75, 3.05) is 31.6 Å². The standard InChI is InChI=1S/C32H44N4O8S2/c1-20(2)18-35(46(41,42)23-10-11-25-27(17-23)45-30(34-25)33-21(3)4)19-32(39,40)28(16-22-8-6-5-7-9-22)36(31(37)38)26-13-15-44-29-24(26)12-14-43-29/h5-11,17,20-21,24,26,28-29,39-40H,12-16,18-19H2,1-4H3,(H,33,34)(H,37,38)/t24-,26-,28-,29-/m0/s1. The Morgan fingerprint density at radius 1 is 1.09 bits per heavy atom. The fourth-order valence-electron chi connectivity index (χ4n) is 6.36. The number of nitrogens with zero attached hydrogens (tertiary/aromatic N) is 3. The van der Waals surface area contributed by atoms with Crippen LogP contribution in [0.1, 0.15) is 46.1 Å². The Hall–Kier alpha value is -2.85. The first-order valence-corrected chi connectivity index (χ1v) is 17.9. The highest BCUT2D eigenvalue weighted by Gasteiger charge is 2.51. The summed E-state index contributed by atoms with van der Waals surface area (Å²) in [7, 11) is -4.26. The number of thiazole rings is 1. The lowest BCUT2D eigenvalue weighted by Crippen LogP contribution is -2.65. The van der Waals surface area contributed by atoms with Crippen molar-refractivity contribution in [2.24, 2.45) is 11.8 Å². The summed E-state index contributed by atoms with van der Waals surface area (Å²) in [6.45, 7) is 7.54. The fraction of sp³-hybridized carbons (Fsp3) is 0.562. The Balaban J connectivity index is 1.52. The minimum absolute atomic E-state index is 0.0127. The monoisotopic (exact) mass is 676 g/mol. The molecule has 12 nitrogen and oxygen atoms in total. The third-order valence-corrected chi connectivity index (χ3v) is 11.1. The largest absolute Gasteiger partial charge is 0.465 e. The summed E-state index contributed by atoms with van der Waals surface area (Å²) in [6, 6.07) is 11.7. The highest BCUT2D eigenvalue weighted by atomic mass is 32.2. The van der Waals surface area contributed by atoms with E-state index in [-0.39, 0.29) is 42.3 Å². The summed E-state index contributed by atoms with van der Waals surface area (Å²) in [4.78, 5) is 18.6. The Bertz CT molecular complexity index is 1600. The number of benzene rings is 2. The summed E-state index contributed by atoms with van der Waals surface area (Å²) in [5.41, 5.74) is 1.32. The predicted octanol–water partition coefficient (Wildman–Crippen LogP) is 4.19. The Labute approximate surface area is 274 Å². The van der Waals surface area contributed by atoms with Crippen LogP contribution < -0.4 is 5.32 Å². The number of carboxylic acid groups (broad SMARTS) is 1. The number of aromatic nitrogens is 1. The van der Waals surface area contributed by atoms with Crippen molar-refractivity contribution < 1.29 is 38.0 Å². The van der Waals surface area contributed by atoms with Crippen molar-refractivity contribution in [1.82, 2.24) is 14.2 Å². The number of hydrogen-bond donors (Lipinski definition) is 4. The Kier molecular flexibility index (Phi) is 10.6. The van der Waals surface area contributed by atoms with Gasteiger partial charge in [-0.15, -0.1) is 0 Å². The van der Waals surface area contributed by atoms with E-state index < -0.39 is 46.8 Å². The maximum Gasteiger partial charge on any atom is 0.408 e. The molecule has 0 bridgehead atoms. The van der Waals surface area contributed by atoms with Gasteiger partial charge in [0.05, 0.1) is 40.9 Å². The van der Waals surface area contributed by atoms with E-state index in [4.69, 9.17) is 9.47 Å². The number of ether oxygens (including phenoxy) is 2. The summed E-state index contributed by atoms with van der Waals surface area (Å²) < 4.78 is 41.6. The van der Waals surface area contributed by atoms with Crippen molar-refractivity contribution in [3.8, 4) is 0 Å². The average molecular weight is 677 g/mol. The minimum atomic E-state index is -4.26. The fourth-order valence-corrected chi connectivity index (χ4v) is 9.15. The molecule has 5 rings (SSSR count). The van der Waals surface area contributed by atoms with Crippen LogP contribution in [0.25, 0.3) is 10.2 Å². The molecule has 3 aromatic rings. The number of rotatable bonds is 13. The molecule has 2 aromatic carbocycles. The lowest BCUT2D eigenvalue weighted by atomic mass is 9.87. The first-order valence-electron chi connectivity index (χ1n) is 15.7. The molecular weight excluding hydrogens is 633 g/mol. The smallest absolute Gasteiger partial charge is 0.408 e. The lowest BCUT2D eigenvalue weighted by molar-refractivity contribution is -0.224. The van der Waals surface area contributed by atoms with Crippen LogP contribution in [-0.2, 0) is 25.9 Å². The highest BCUT2D eigenvalue weighted by molar-refractivity contribution is 7.89. The molecule has 3 heterocycles. The lowest BCUT2D eigenvalue weighted by Gasteiger charge is -2.47. The van der Waals surface area contributed by atoms with Crippen LogP contribution in [0.3, 0.4) is 0 Å². The molecular formula is C32H44N4O8S2. The van der Waals surface area contributed by atoms with Crippen molar-refractivity contribution in [3.05, 3.63) is 54.1 Å². The van der Waals surface area contributed by atoms with Crippen molar-refractivity contribution in [2.45, 2.75) is 82.1 Å². The molecule has 4 atom stereocenters. The molecule has 0 aliphatic carbocycles. The van der Waals surface area contributed by atoms with E-state index in [1.54, 1.807) is 36.4 Å². The van der Waals surface area contributed by atoms with Gasteiger partial charge < -0.3 is 30.1 Å². The van der Waals surface area contributed by atoms with Crippen LogP contribution in [0.5, 0.6) is 0 Å². The van der Waals surface area contributed by atoms with Gasteiger partial charge in [-0.25, -0.2) is 18.2 Å². The van der Waals surface area contributed by atoms with E-state index in [2.05, 4.69) is 10.3 Å². The van der Waals surface area contributed by atoms with Gasteiger partial charge in [0.25, 0.3) is 0 Å². The number of amides is 1. The van der Waals surface area contributed by atoms with E-state index in [0.717, 1.165) is 9.21 Å². The second kappa shape index (κ2) is 14.1. The molecule has 2 fully saturated rings. The van der Waals surface area contributed by atoms with Crippen LogP contribution in [0.2, 0.25) is 0 Å². The summed E-state index contributed by atoms with van der Waals surface area (Å²) in [6.07, 6.45) is -1.06. The molecule has 14 heteroatoms. The van der Waals surface area contributed by atoms with E-state index in [1.807, 2.05) is 33.8 Å².